The monoisotopic (exact) mass is 444 g/mol. The average molecular weight is 445 g/mol. The van der Waals surface area contributed by atoms with Gasteiger partial charge in [-0.1, -0.05) is 36.4 Å². The molecule has 3 rings (SSSR count). The second-order valence-electron chi connectivity index (χ2n) is 7.65. The first-order valence-corrected chi connectivity index (χ1v) is 11.6. The molecule has 0 bridgehead atoms. The van der Waals surface area contributed by atoms with Crippen molar-refractivity contribution >= 4 is 22.0 Å². The molecule has 31 heavy (non-hydrogen) atoms. The number of hydrogen-bond donors (Lipinski definition) is 2. The number of benzene rings is 2. The lowest BCUT2D eigenvalue weighted by Crippen LogP contribution is -2.49. The number of nitrogens with zero attached hydrogens (tertiary/aromatic N) is 2. The molecule has 0 saturated carbocycles. The third-order valence-corrected chi connectivity index (χ3v) is 7.23. The molecule has 0 atom stereocenters. The minimum absolute atomic E-state index is 0.0164. The standard InChI is InChI=1S/C22H28N4O4S/c1-25(2)31(29,30)20-11-7-6-10-18(20)16-23-22(28)26-14-12-19(13-15-26)24-21(27)17-8-4-3-5-9-17/h3-11,19H,12-16H2,1-2H3,(H,23,28)(H,24,27). The van der Waals surface area contributed by atoms with E-state index in [-0.39, 0.29) is 29.4 Å². The number of carbonyl (C=O) groups is 2. The van der Waals surface area contributed by atoms with Crippen molar-refractivity contribution in [3.8, 4) is 0 Å². The fourth-order valence-corrected chi connectivity index (χ4v) is 4.58. The third-order valence-electron chi connectivity index (χ3n) is 5.31. The molecule has 2 aromatic rings. The highest BCUT2D eigenvalue weighted by molar-refractivity contribution is 7.89. The molecule has 0 radical (unpaired) electrons. The van der Waals surface area contributed by atoms with Crippen LogP contribution in [0.25, 0.3) is 0 Å². The van der Waals surface area contributed by atoms with Crippen molar-refractivity contribution < 1.29 is 18.0 Å². The summed E-state index contributed by atoms with van der Waals surface area (Å²) >= 11 is 0. The van der Waals surface area contributed by atoms with Crippen molar-refractivity contribution in [2.24, 2.45) is 0 Å². The Hall–Kier alpha value is -2.91. The van der Waals surface area contributed by atoms with Crippen LogP contribution in [0.4, 0.5) is 4.79 Å². The summed E-state index contributed by atoms with van der Waals surface area (Å²) in [6.45, 7) is 1.15. The van der Waals surface area contributed by atoms with E-state index < -0.39 is 10.0 Å². The molecule has 2 aromatic carbocycles. The Balaban J connectivity index is 1.52. The Kier molecular flexibility index (Phi) is 7.29. The Labute approximate surface area is 183 Å². The van der Waals surface area contributed by atoms with Crippen LogP contribution in [-0.2, 0) is 16.6 Å². The molecular formula is C22H28N4O4S. The molecule has 1 heterocycles. The zero-order valence-corrected chi connectivity index (χ0v) is 18.6. The van der Waals surface area contributed by atoms with E-state index in [4.69, 9.17) is 0 Å². The van der Waals surface area contributed by atoms with Gasteiger partial charge >= 0.3 is 6.03 Å². The zero-order chi connectivity index (χ0) is 22.4. The van der Waals surface area contributed by atoms with Gasteiger partial charge in [0.15, 0.2) is 0 Å². The fraction of sp³-hybridized carbons (Fsp3) is 0.364. The highest BCUT2D eigenvalue weighted by Gasteiger charge is 2.25. The van der Waals surface area contributed by atoms with Gasteiger partial charge in [0, 0.05) is 45.3 Å². The first-order chi connectivity index (χ1) is 14.8. The van der Waals surface area contributed by atoms with Gasteiger partial charge in [0.25, 0.3) is 5.91 Å². The van der Waals surface area contributed by atoms with Crippen LogP contribution >= 0.6 is 0 Å². The number of carbonyl (C=O) groups excluding carboxylic acids is 2. The SMILES string of the molecule is CN(C)S(=O)(=O)c1ccccc1CNC(=O)N1CCC(NC(=O)c2ccccc2)CC1. The summed E-state index contributed by atoms with van der Waals surface area (Å²) in [4.78, 5) is 26.7. The van der Waals surface area contributed by atoms with E-state index in [1.165, 1.54) is 20.2 Å². The summed E-state index contributed by atoms with van der Waals surface area (Å²) in [5.74, 6) is -0.109. The molecule has 2 N–H and O–H groups in total. The molecule has 1 saturated heterocycles. The van der Waals surface area contributed by atoms with Crippen molar-refractivity contribution in [2.75, 3.05) is 27.2 Å². The maximum absolute atomic E-state index is 12.6. The predicted molar refractivity (Wildman–Crippen MR) is 118 cm³/mol. The Morgan fingerprint density at radius 3 is 2.26 bits per heavy atom. The summed E-state index contributed by atoms with van der Waals surface area (Å²) in [5.41, 5.74) is 1.16. The van der Waals surface area contributed by atoms with E-state index in [2.05, 4.69) is 10.6 Å². The maximum Gasteiger partial charge on any atom is 0.317 e. The first kappa shape index (κ1) is 22.8. The quantitative estimate of drug-likeness (QED) is 0.712. The highest BCUT2D eigenvalue weighted by Crippen LogP contribution is 2.18. The Morgan fingerprint density at radius 1 is 1.00 bits per heavy atom. The molecule has 166 valence electrons. The molecule has 0 aliphatic carbocycles. The first-order valence-electron chi connectivity index (χ1n) is 10.2. The van der Waals surface area contributed by atoms with Gasteiger partial charge in [-0.15, -0.1) is 0 Å². The van der Waals surface area contributed by atoms with Crippen molar-refractivity contribution in [1.82, 2.24) is 19.8 Å². The lowest BCUT2D eigenvalue weighted by molar-refractivity contribution is 0.0918. The van der Waals surface area contributed by atoms with E-state index >= 15 is 0 Å². The van der Waals surface area contributed by atoms with E-state index in [1.54, 1.807) is 35.2 Å². The normalized spacial score (nSPS) is 15.0. The summed E-state index contributed by atoms with van der Waals surface area (Å²) in [6, 6.07) is 15.5. The summed E-state index contributed by atoms with van der Waals surface area (Å²) in [5, 5.41) is 5.84. The zero-order valence-electron chi connectivity index (χ0n) is 17.7. The van der Waals surface area contributed by atoms with E-state index in [0.717, 1.165) is 4.31 Å². The smallest absolute Gasteiger partial charge is 0.317 e. The van der Waals surface area contributed by atoms with Crippen LogP contribution in [0.15, 0.2) is 59.5 Å². The number of hydrogen-bond acceptors (Lipinski definition) is 4. The van der Waals surface area contributed by atoms with Gasteiger partial charge in [-0.3, -0.25) is 4.79 Å². The maximum atomic E-state index is 12.6. The van der Waals surface area contributed by atoms with Crippen LogP contribution < -0.4 is 10.6 Å². The highest BCUT2D eigenvalue weighted by atomic mass is 32.2. The summed E-state index contributed by atoms with van der Waals surface area (Å²) in [6.07, 6.45) is 1.33. The lowest BCUT2D eigenvalue weighted by Gasteiger charge is -2.32. The van der Waals surface area contributed by atoms with Crippen molar-refractivity contribution in [3.63, 3.8) is 0 Å². The van der Waals surface area contributed by atoms with Crippen molar-refractivity contribution in [1.29, 1.82) is 0 Å². The van der Waals surface area contributed by atoms with Gasteiger partial charge < -0.3 is 15.5 Å². The average Bonchev–Trinajstić information content (AvgIpc) is 2.78. The number of likely N-dealkylation sites (tertiary alicyclic amines) is 1. The van der Waals surface area contributed by atoms with Crippen molar-refractivity contribution in [3.05, 3.63) is 65.7 Å². The molecule has 1 fully saturated rings. The van der Waals surface area contributed by atoms with Gasteiger partial charge in [0.05, 0.1) is 4.90 Å². The number of sulfonamides is 1. The van der Waals surface area contributed by atoms with Gasteiger partial charge in [-0.25, -0.2) is 17.5 Å². The van der Waals surface area contributed by atoms with Gasteiger partial charge in [0.1, 0.15) is 0 Å². The van der Waals surface area contributed by atoms with Crippen LogP contribution in [-0.4, -0.2) is 62.8 Å². The fourth-order valence-electron chi connectivity index (χ4n) is 3.47. The number of amides is 3. The third kappa shape index (κ3) is 5.62. The molecule has 0 aromatic heterocycles. The van der Waals surface area contributed by atoms with Crippen LogP contribution in [0, 0.1) is 0 Å². The number of rotatable bonds is 6. The van der Waals surface area contributed by atoms with E-state index in [9.17, 15) is 18.0 Å². The second kappa shape index (κ2) is 9.93. The minimum atomic E-state index is -3.59. The summed E-state index contributed by atoms with van der Waals surface area (Å²) in [7, 11) is -0.639. The van der Waals surface area contributed by atoms with Gasteiger partial charge in [-0.2, -0.15) is 0 Å². The second-order valence-corrected chi connectivity index (χ2v) is 9.77. The number of nitrogens with one attached hydrogen (secondary N) is 2. The largest absolute Gasteiger partial charge is 0.349 e. The predicted octanol–water partition coefficient (Wildman–Crippen LogP) is 2.04. The number of urea groups is 1. The van der Waals surface area contributed by atoms with Crippen LogP contribution in [0.3, 0.4) is 0 Å². The molecule has 1 aliphatic rings. The van der Waals surface area contributed by atoms with E-state index in [1.807, 2.05) is 18.2 Å². The molecule has 0 spiro atoms. The topological polar surface area (TPSA) is 98.8 Å². The lowest BCUT2D eigenvalue weighted by atomic mass is 10.0. The van der Waals surface area contributed by atoms with Crippen LogP contribution in [0.5, 0.6) is 0 Å². The molecule has 0 unspecified atom stereocenters. The molecule has 8 nitrogen and oxygen atoms in total. The Morgan fingerprint density at radius 2 is 1.61 bits per heavy atom. The van der Waals surface area contributed by atoms with Crippen LogP contribution in [0.2, 0.25) is 0 Å². The minimum Gasteiger partial charge on any atom is -0.349 e. The Bertz CT molecular complexity index is 1020. The van der Waals surface area contributed by atoms with Gasteiger partial charge in [0.2, 0.25) is 10.0 Å². The number of piperidine rings is 1. The summed E-state index contributed by atoms with van der Waals surface area (Å²) < 4.78 is 26.1. The molecule has 1 aliphatic heterocycles. The molecular weight excluding hydrogens is 416 g/mol. The van der Waals surface area contributed by atoms with Crippen molar-refractivity contribution in [2.45, 2.75) is 30.3 Å². The van der Waals surface area contributed by atoms with Crippen LogP contribution in [0.1, 0.15) is 28.8 Å². The van der Waals surface area contributed by atoms with E-state index in [0.29, 0.717) is 37.1 Å². The molecule has 3 amide bonds. The molecule has 9 heteroatoms. The van der Waals surface area contributed by atoms with Gasteiger partial charge in [-0.05, 0) is 36.6 Å².